The number of nitrogens with zero attached hydrogens (tertiary/aromatic N) is 3. The van der Waals surface area contributed by atoms with Gasteiger partial charge in [0, 0.05) is 6.42 Å². The molecule has 2 aromatic heterocycles. The molecule has 0 unspecified atom stereocenters. The lowest BCUT2D eigenvalue weighted by Crippen LogP contribution is -2.58. The summed E-state index contributed by atoms with van der Waals surface area (Å²) in [5.41, 5.74) is 6.32. The number of carbonyl (C=O) groups excluding carboxylic acids is 1. The molecule has 4 atom stereocenters. The summed E-state index contributed by atoms with van der Waals surface area (Å²) in [7, 11) is 0. The zero-order chi connectivity index (χ0) is 17.1. The van der Waals surface area contributed by atoms with Crippen molar-refractivity contribution >= 4 is 22.9 Å². The van der Waals surface area contributed by atoms with Gasteiger partial charge >= 0.3 is 0 Å². The lowest BCUT2D eigenvalue weighted by molar-refractivity contribution is -0.141. The fraction of sp³-hybridized carbons (Fsp3) is 0.538. The summed E-state index contributed by atoms with van der Waals surface area (Å²) < 4.78 is 5.67. The van der Waals surface area contributed by atoms with E-state index in [1.165, 1.54) is 12.7 Å². The van der Waals surface area contributed by atoms with Crippen molar-refractivity contribution in [2.75, 3.05) is 18.5 Å². The van der Waals surface area contributed by atoms with Crippen molar-refractivity contribution in [2.45, 2.75) is 30.9 Å². The van der Waals surface area contributed by atoms with Crippen LogP contribution in [0.25, 0.3) is 11.2 Å². The number of aromatic amines is 1. The molecule has 0 aromatic carbocycles. The number of nitrogens with two attached hydrogens (primary N) is 1. The Kier molecular flexibility index (Phi) is 4.85. The number of anilines is 1. The highest BCUT2D eigenvalue weighted by Crippen LogP contribution is 2.23. The van der Waals surface area contributed by atoms with Crippen LogP contribution in [0.5, 0.6) is 0 Å². The van der Waals surface area contributed by atoms with Crippen molar-refractivity contribution in [1.29, 1.82) is 0 Å². The number of hydrogen-bond donors (Lipinski definition) is 6. The lowest BCUT2D eigenvalue weighted by Gasteiger charge is -2.39. The molecular weight excluding hydrogens is 318 g/mol. The Balaban J connectivity index is 1.73. The summed E-state index contributed by atoms with van der Waals surface area (Å²) in [5.74, 6) is 0.0401. The summed E-state index contributed by atoms with van der Waals surface area (Å²) in [6, 6.07) is -0.531. The van der Waals surface area contributed by atoms with Crippen LogP contribution >= 0.6 is 0 Å². The number of hydrogen-bond acceptors (Lipinski definition) is 9. The molecule has 1 amide bonds. The van der Waals surface area contributed by atoms with E-state index in [9.17, 15) is 15.0 Å². The van der Waals surface area contributed by atoms with E-state index < -0.39 is 24.5 Å². The molecule has 0 bridgehead atoms. The number of aliphatic hydroxyl groups excluding tert-OH is 2. The number of aliphatic hydroxyl groups is 2. The van der Waals surface area contributed by atoms with Crippen molar-refractivity contribution in [1.82, 2.24) is 25.3 Å². The van der Waals surface area contributed by atoms with Gasteiger partial charge in [0.2, 0.25) is 5.91 Å². The Bertz CT molecular complexity index is 708. The molecule has 0 saturated carbocycles. The molecule has 1 aliphatic rings. The third-order valence-corrected chi connectivity index (χ3v) is 3.83. The second-order valence-electron chi connectivity index (χ2n) is 5.43. The molecule has 1 saturated heterocycles. The van der Waals surface area contributed by atoms with Gasteiger partial charge in [-0.25, -0.2) is 15.0 Å². The Morgan fingerprint density at radius 3 is 3.04 bits per heavy atom. The molecule has 11 nitrogen and oxygen atoms in total. The maximum absolute atomic E-state index is 11.4. The number of amides is 1. The van der Waals surface area contributed by atoms with E-state index in [-0.39, 0.29) is 25.5 Å². The number of nitrogens with one attached hydrogen (secondary N) is 3. The molecule has 0 radical (unpaired) electrons. The summed E-state index contributed by atoms with van der Waals surface area (Å²) in [6.07, 6.45) is 0.608. The average Bonchev–Trinajstić information content (AvgIpc) is 3.06. The summed E-state index contributed by atoms with van der Waals surface area (Å²) >= 11 is 0. The van der Waals surface area contributed by atoms with E-state index in [0.717, 1.165) is 0 Å². The zero-order valence-electron chi connectivity index (χ0n) is 12.7. The smallest absolute Gasteiger partial charge is 0.234 e. The van der Waals surface area contributed by atoms with E-state index in [2.05, 4.69) is 30.6 Å². The van der Waals surface area contributed by atoms with Crippen LogP contribution in [0.3, 0.4) is 0 Å². The molecule has 130 valence electrons. The van der Waals surface area contributed by atoms with Crippen molar-refractivity contribution in [3.05, 3.63) is 12.7 Å². The van der Waals surface area contributed by atoms with Crippen LogP contribution in [-0.2, 0) is 9.53 Å². The molecule has 3 rings (SSSR count). The third-order valence-electron chi connectivity index (χ3n) is 3.83. The Morgan fingerprint density at radius 2 is 2.29 bits per heavy atom. The second-order valence-corrected chi connectivity index (χ2v) is 5.43. The number of H-pyrrole nitrogens is 1. The zero-order valence-corrected chi connectivity index (χ0v) is 12.7. The van der Waals surface area contributed by atoms with Crippen LogP contribution in [0.4, 0.5) is 5.82 Å². The van der Waals surface area contributed by atoms with Gasteiger partial charge in [-0.05, 0) is 0 Å². The Labute approximate surface area is 136 Å². The maximum Gasteiger partial charge on any atom is 0.234 e. The minimum absolute atomic E-state index is 0.175. The minimum atomic E-state index is -0.927. The largest absolute Gasteiger partial charge is 0.394 e. The van der Waals surface area contributed by atoms with Crippen LogP contribution in [-0.4, -0.2) is 73.7 Å². The topological polar surface area (TPSA) is 171 Å². The number of rotatable bonds is 5. The SMILES string of the molecule is NCC(=O)N[C@@H]1C[C@H](O)[C@H](Nc2ncnc3nc[nH]c23)O[C@H]1CO. The van der Waals surface area contributed by atoms with Crippen LogP contribution in [0.15, 0.2) is 12.7 Å². The predicted molar refractivity (Wildman–Crippen MR) is 82.7 cm³/mol. The van der Waals surface area contributed by atoms with Gasteiger partial charge in [0.15, 0.2) is 17.7 Å². The highest BCUT2D eigenvalue weighted by Gasteiger charge is 2.38. The van der Waals surface area contributed by atoms with E-state index in [0.29, 0.717) is 17.0 Å². The van der Waals surface area contributed by atoms with Gasteiger partial charge in [-0.15, -0.1) is 0 Å². The fourth-order valence-corrected chi connectivity index (χ4v) is 2.64. The second kappa shape index (κ2) is 7.05. The van der Waals surface area contributed by atoms with Crippen molar-refractivity contribution < 1.29 is 19.7 Å². The Morgan fingerprint density at radius 1 is 1.46 bits per heavy atom. The monoisotopic (exact) mass is 337 g/mol. The number of ether oxygens (including phenoxy) is 1. The number of imidazole rings is 1. The quantitative estimate of drug-likeness (QED) is 0.350. The molecule has 3 heterocycles. The van der Waals surface area contributed by atoms with Crippen LogP contribution in [0.2, 0.25) is 0 Å². The van der Waals surface area contributed by atoms with Gasteiger partial charge in [0.05, 0.1) is 25.5 Å². The first kappa shape index (κ1) is 16.5. The summed E-state index contributed by atoms with van der Waals surface area (Å²) in [5, 5.41) is 25.4. The highest BCUT2D eigenvalue weighted by molar-refractivity contribution is 5.82. The fourth-order valence-electron chi connectivity index (χ4n) is 2.64. The van der Waals surface area contributed by atoms with Gasteiger partial charge in [-0.3, -0.25) is 4.79 Å². The van der Waals surface area contributed by atoms with Crippen molar-refractivity contribution in [2.24, 2.45) is 5.73 Å². The normalized spacial score (nSPS) is 27.1. The highest BCUT2D eigenvalue weighted by atomic mass is 16.5. The first-order chi connectivity index (χ1) is 11.6. The van der Waals surface area contributed by atoms with Crippen LogP contribution in [0.1, 0.15) is 6.42 Å². The average molecular weight is 337 g/mol. The van der Waals surface area contributed by atoms with E-state index in [4.69, 9.17) is 10.5 Å². The molecule has 11 heteroatoms. The molecule has 1 aliphatic heterocycles. The molecule has 2 aromatic rings. The number of aromatic nitrogens is 4. The van der Waals surface area contributed by atoms with Crippen LogP contribution in [0, 0.1) is 0 Å². The van der Waals surface area contributed by atoms with E-state index in [1.807, 2.05) is 0 Å². The molecule has 0 spiro atoms. The molecule has 0 aliphatic carbocycles. The molecule has 24 heavy (non-hydrogen) atoms. The summed E-state index contributed by atoms with van der Waals surface area (Å²) in [6.45, 7) is -0.491. The molecule has 1 fully saturated rings. The van der Waals surface area contributed by atoms with Gasteiger partial charge in [-0.2, -0.15) is 0 Å². The van der Waals surface area contributed by atoms with Gasteiger partial charge in [-0.1, -0.05) is 0 Å². The van der Waals surface area contributed by atoms with E-state index >= 15 is 0 Å². The van der Waals surface area contributed by atoms with E-state index in [1.54, 1.807) is 0 Å². The van der Waals surface area contributed by atoms with Gasteiger partial charge < -0.3 is 36.3 Å². The van der Waals surface area contributed by atoms with Gasteiger partial charge in [0.1, 0.15) is 24.1 Å². The first-order valence-corrected chi connectivity index (χ1v) is 7.46. The standard InChI is InChI=1S/C13H19N7O4/c14-2-9(23)19-6-1-7(22)13(24-8(6)3-21)20-12-10-11(16-4-15-10)17-5-18-12/h4-8,13,21-22H,1-3,14H2,(H,19,23)(H2,15,16,17,18,20)/t6-,7+,8+,13-/m1/s1. The number of fused-ring (bicyclic) bond motifs is 1. The molecular formula is C13H19N7O4. The lowest BCUT2D eigenvalue weighted by atomic mass is 9.99. The van der Waals surface area contributed by atoms with Gasteiger partial charge in [0.25, 0.3) is 0 Å². The number of carbonyl (C=O) groups is 1. The Hall–Kier alpha value is -2.34. The summed E-state index contributed by atoms with van der Waals surface area (Å²) in [4.78, 5) is 26.5. The van der Waals surface area contributed by atoms with Crippen LogP contribution < -0.4 is 16.4 Å². The minimum Gasteiger partial charge on any atom is -0.394 e. The molecule has 7 N–H and O–H groups in total. The van der Waals surface area contributed by atoms with Crippen molar-refractivity contribution in [3.63, 3.8) is 0 Å². The third kappa shape index (κ3) is 3.28. The predicted octanol–water partition coefficient (Wildman–Crippen LogP) is -2.32. The maximum atomic E-state index is 11.4. The first-order valence-electron chi connectivity index (χ1n) is 7.46. The van der Waals surface area contributed by atoms with Crippen molar-refractivity contribution in [3.8, 4) is 0 Å².